The number of aryl methyl sites for hydroxylation is 1. The van der Waals surface area contributed by atoms with Crippen molar-refractivity contribution in [2.24, 2.45) is 0 Å². The van der Waals surface area contributed by atoms with Gasteiger partial charge in [-0.3, -0.25) is 0 Å². The maximum atomic E-state index is 5.41. The normalized spacial score (nSPS) is 12.3. The molecule has 0 fully saturated rings. The topological polar surface area (TPSA) is 21.3 Å². The largest absolute Gasteiger partial charge is 0.380 e. The Morgan fingerprint density at radius 3 is 2.43 bits per heavy atom. The third kappa shape index (κ3) is 5.19. The predicted octanol–water partition coefficient (Wildman–Crippen LogP) is 4.99. The van der Waals surface area contributed by atoms with Crippen LogP contribution in [0.25, 0.3) is 11.1 Å². The maximum Gasteiger partial charge on any atom is 0.0590 e. The van der Waals surface area contributed by atoms with Crippen LogP contribution in [-0.2, 0) is 11.2 Å². The molecule has 0 saturated carbocycles. The quantitative estimate of drug-likeness (QED) is 0.658. The van der Waals surface area contributed by atoms with E-state index in [1.807, 2.05) is 6.92 Å². The van der Waals surface area contributed by atoms with Gasteiger partial charge in [0.1, 0.15) is 0 Å². The van der Waals surface area contributed by atoms with Crippen LogP contribution in [0.1, 0.15) is 44.4 Å². The highest BCUT2D eigenvalue weighted by Gasteiger charge is 2.11. The average molecular weight is 311 g/mol. The summed E-state index contributed by atoms with van der Waals surface area (Å²) in [6, 6.07) is 18.0. The van der Waals surface area contributed by atoms with Gasteiger partial charge in [-0.1, -0.05) is 61.9 Å². The molecule has 2 nitrogen and oxygen atoms in total. The van der Waals surface area contributed by atoms with Crippen molar-refractivity contribution < 1.29 is 4.74 Å². The van der Waals surface area contributed by atoms with E-state index in [9.17, 15) is 0 Å². The standard InChI is InChI=1S/C21H29NO/c1-4-8-18-11-13-19(14-12-18)21-10-7-6-9-20(21)17(3)22-15-16-23-5-2/h6-7,9-14,17,22H,4-5,8,15-16H2,1-3H3. The zero-order chi connectivity index (χ0) is 16.5. The molecule has 0 heterocycles. The number of nitrogens with one attached hydrogen (secondary N) is 1. The minimum atomic E-state index is 0.307. The van der Waals surface area contributed by atoms with Gasteiger partial charge in [0.25, 0.3) is 0 Å². The minimum Gasteiger partial charge on any atom is -0.380 e. The second-order valence-corrected chi connectivity index (χ2v) is 5.91. The summed E-state index contributed by atoms with van der Waals surface area (Å²) in [4.78, 5) is 0. The van der Waals surface area contributed by atoms with Gasteiger partial charge >= 0.3 is 0 Å². The van der Waals surface area contributed by atoms with Gasteiger partial charge in [0.15, 0.2) is 0 Å². The van der Waals surface area contributed by atoms with Crippen molar-refractivity contribution >= 4 is 0 Å². The van der Waals surface area contributed by atoms with E-state index in [2.05, 4.69) is 67.7 Å². The molecule has 0 radical (unpaired) electrons. The van der Waals surface area contributed by atoms with Crippen LogP contribution < -0.4 is 5.32 Å². The van der Waals surface area contributed by atoms with Crippen molar-refractivity contribution in [3.8, 4) is 11.1 Å². The van der Waals surface area contributed by atoms with E-state index in [-0.39, 0.29) is 0 Å². The molecule has 2 rings (SSSR count). The highest BCUT2D eigenvalue weighted by molar-refractivity contribution is 5.68. The van der Waals surface area contributed by atoms with Crippen molar-refractivity contribution in [3.63, 3.8) is 0 Å². The molecular weight excluding hydrogens is 282 g/mol. The van der Waals surface area contributed by atoms with Crippen LogP contribution in [0.2, 0.25) is 0 Å². The highest BCUT2D eigenvalue weighted by Crippen LogP contribution is 2.28. The number of hydrogen-bond acceptors (Lipinski definition) is 2. The van der Waals surface area contributed by atoms with Gasteiger partial charge in [0.2, 0.25) is 0 Å². The van der Waals surface area contributed by atoms with Gasteiger partial charge in [0.05, 0.1) is 6.61 Å². The van der Waals surface area contributed by atoms with Crippen LogP contribution in [-0.4, -0.2) is 19.8 Å². The third-order valence-corrected chi connectivity index (χ3v) is 4.13. The molecule has 0 saturated heterocycles. The van der Waals surface area contributed by atoms with Crippen molar-refractivity contribution in [1.82, 2.24) is 5.32 Å². The van der Waals surface area contributed by atoms with Gasteiger partial charge in [-0.05, 0) is 42.5 Å². The molecule has 2 aromatic carbocycles. The Labute approximate surface area is 140 Å². The van der Waals surface area contributed by atoms with E-state index < -0.39 is 0 Å². The first-order chi connectivity index (χ1) is 11.3. The van der Waals surface area contributed by atoms with Crippen molar-refractivity contribution in [2.75, 3.05) is 19.8 Å². The fraction of sp³-hybridized carbons (Fsp3) is 0.429. The predicted molar refractivity (Wildman–Crippen MR) is 98.8 cm³/mol. The minimum absolute atomic E-state index is 0.307. The molecule has 1 unspecified atom stereocenters. The molecule has 2 heteroatoms. The number of ether oxygens (including phenoxy) is 1. The summed E-state index contributed by atoms with van der Waals surface area (Å²) in [5.74, 6) is 0. The Bertz CT molecular complexity index is 577. The summed E-state index contributed by atoms with van der Waals surface area (Å²) in [5.41, 5.74) is 5.36. The molecule has 1 N–H and O–H groups in total. The molecule has 1 atom stereocenters. The molecule has 0 amide bonds. The fourth-order valence-electron chi connectivity index (χ4n) is 2.88. The Balaban J connectivity index is 2.13. The van der Waals surface area contributed by atoms with Crippen LogP contribution >= 0.6 is 0 Å². The molecule has 0 bridgehead atoms. The van der Waals surface area contributed by atoms with Gasteiger partial charge in [-0.15, -0.1) is 0 Å². The van der Waals surface area contributed by atoms with E-state index in [4.69, 9.17) is 4.74 Å². The first-order valence-electron chi connectivity index (χ1n) is 8.75. The zero-order valence-electron chi connectivity index (χ0n) is 14.6. The first-order valence-corrected chi connectivity index (χ1v) is 8.75. The molecular formula is C21H29NO. The van der Waals surface area contributed by atoms with Gasteiger partial charge in [-0.2, -0.15) is 0 Å². The lowest BCUT2D eigenvalue weighted by Crippen LogP contribution is -2.23. The van der Waals surface area contributed by atoms with Crippen molar-refractivity contribution in [3.05, 3.63) is 59.7 Å². The van der Waals surface area contributed by atoms with E-state index >= 15 is 0 Å². The van der Waals surface area contributed by atoms with E-state index in [1.165, 1.54) is 28.7 Å². The number of benzene rings is 2. The Morgan fingerprint density at radius 1 is 1.00 bits per heavy atom. The Hall–Kier alpha value is -1.64. The van der Waals surface area contributed by atoms with Crippen molar-refractivity contribution in [1.29, 1.82) is 0 Å². The average Bonchev–Trinajstić information content (AvgIpc) is 2.59. The summed E-state index contributed by atoms with van der Waals surface area (Å²) >= 11 is 0. The van der Waals surface area contributed by atoms with E-state index in [0.717, 1.165) is 26.2 Å². The highest BCUT2D eigenvalue weighted by atomic mass is 16.5. The van der Waals surface area contributed by atoms with Gasteiger partial charge in [0, 0.05) is 19.2 Å². The monoisotopic (exact) mass is 311 g/mol. The van der Waals surface area contributed by atoms with Gasteiger partial charge < -0.3 is 10.1 Å². The maximum absolute atomic E-state index is 5.41. The van der Waals surface area contributed by atoms with Crippen LogP contribution in [0, 0.1) is 0 Å². The first kappa shape index (κ1) is 17.7. The fourth-order valence-corrected chi connectivity index (χ4v) is 2.88. The summed E-state index contributed by atoms with van der Waals surface area (Å²) in [6.45, 7) is 8.88. The molecule has 0 aromatic heterocycles. The number of hydrogen-bond donors (Lipinski definition) is 1. The lowest BCUT2D eigenvalue weighted by molar-refractivity contribution is 0.147. The van der Waals surface area contributed by atoms with E-state index in [1.54, 1.807) is 0 Å². The molecule has 23 heavy (non-hydrogen) atoms. The molecule has 0 aliphatic carbocycles. The summed E-state index contributed by atoms with van der Waals surface area (Å²) in [6.07, 6.45) is 2.34. The number of rotatable bonds is 9. The molecule has 124 valence electrons. The molecule has 0 spiro atoms. The summed E-state index contributed by atoms with van der Waals surface area (Å²) in [5, 5.41) is 3.55. The second kappa shape index (κ2) is 9.49. The zero-order valence-corrected chi connectivity index (χ0v) is 14.6. The van der Waals surface area contributed by atoms with Crippen LogP contribution in [0.4, 0.5) is 0 Å². The van der Waals surface area contributed by atoms with Crippen LogP contribution in [0.5, 0.6) is 0 Å². The lowest BCUT2D eigenvalue weighted by atomic mass is 9.94. The lowest BCUT2D eigenvalue weighted by Gasteiger charge is -2.18. The van der Waals surface area contributed by atoms with Crippen molar-refractivity contribution in [2.45, 2.75) is 39.7 Å². The van der Waals surface area contributed by atoms with Crippen LogP contribution in [0.15, 0.2) is 48.5 Å². The molecule has 0 aliphatic rings. The molecule has 2 aromatic rings. The Kier molecular flexibility index (Phi) is 7.31. The van der Waals surface area contributed by atoms with Crippen LogP contribution in [0.3, 0.4) is 0 Å². The van der Waals surface area contributed by atoms with Gasteiger partial charge in [-0.25, -0.2) is 0 Å². The summed E-state index contributed by atoms with van der Waals surface area (Å²) < 4.78 is 5.41. The summed E-state index contributed by atoms with van der Waals surface area (Å²) in [7, 11) is 0. The SMILES string of the molecule is CCCc1ccc(-c2ccccc2C(C)NCCOCC)cc1. The molecule has 0 aliphatic heterocycles. The van der Waals surface area contributed by atoms with E-state index in [0.29, 0.717) is 6.04 Å². The third-order valence-electron chi connectivity index (χ3n) is 4.13. The smallest absolute Gasteiger partial charge is 0.0590 e. The Morgan fingerprint density at radius 2 is 1.74 bits per heavy atom. The second-order valence-electron chi connectivity index (χ2n) is 5.91.